The zero-order valence-corrected chi connectivity index (χ0v) is 15.2. The van der Waals surface area contributed by atoms with Crippen LogP contribution in [0.4, 0.5) is 17.5 Å². The van der Waals surface area contributed by atoms with Crippen LogP contribution >= 0.6 is 15.9 Å². The summed E-state index contributed by atoms with van der Waals surface area (Å²) < 4.78 is 1.07. The van der Waals surface area contributed by atoms with Gasteiger partial charge in [-0.05, 0) is 43.9 Å². The summed E-state index contributed by atoms with van der Waals surface area (Å²) in [5, 5.41) is 6.62. The average Bonchev–Trinajstić information content (AvgIpc) is 2.42. The maximum Gasteiger partial charge on any atom is 0.229 e. The average molecular weight is 363 g/mol. The van der Waals surface area contributed by atoms with Crippen molar-refractivity contribution in [3.63, 3.8) is 0 Å². The van der Waals surface area contributed by atoms with Gasteiger partial charge in [0.1, 0.15) is 5.82 Å². The minimum atomic E-state index is 0.614. The molecule has 0 aliphatic carbocycles. The number of halogens is 1. The van der Waals surface area contributed by atoms with Crippen LogP contribution in [-0.2, 0) is 0 Å². The molecule has 2 rings (SSSR count). The molecule has 118 valence electrons. The molecule has 0 aliphatic heterocycles. The molecule has 1 aromatic carbocycles. The topological polar surface area (TPSA) is 49.8 Å². The van der Waals surface area contributed by atoms with Gasteiger partial charge in [-0.3, -0.25) is 0 Å². The summed E-state index contributed by atoms with van der Waals surface area (Å²) in [6.45, 7) is 9.40. The van der Waals surface area contributed by atoms with Crippen molar-refractivity contribution in [3.05, 3.63) is 40.0 Å². The van der Waals surface area contributed by atoms with Crippen LogP contribution in [0.15, 0.2) is 28.7 Å². The third kappa shape index (κ3) is 4.98. The van der Waals surface area contributed by atoms with Crippen LogP contribution in [0.5, 0.6) is 0 Å². The molecule has 0 fully saturated rings. The first-order valence-corrected chi connectivity index (χ1v) is 8.36. The van der Waals surface area contributed by atoms with E-state index in [1.54, 1.807) is 0 Å². The Balaban J connectivity index is 2.10. The summed E-state index contributed by atoms with van der Waals surface area (Å²) in [4.78, 5) is 8.98. The largest absolute Gasteiger partial charge is 0.370 e. The maximum absolute atomic E-state index is 4.53. The first-order valence-electron chi connectivity index (χ1n) is 7.57. The van der Waals surface area contributed by atoms with Crippen molar-refractivity contribution in [2.75, 3.05) is 17.2 Å². The normalized spacial score (nSPS) is 10.8. The highest BCUT2D eigenvalue weighted by Gasteiger charge is 2.04. The van der Waals surface area contributed by atoms with Crippen molar-refractivity contribution in [1.82, 2.24) is 9.97 Å². The number of hydrogen-bond acceptors (Lipinski definition) is 4. The van der Waals surface area contributed by atoms with Gasteiger partial charge in [0.05, 0.1) is 0 Å². The van der Waals surface area contributed by atoms with Crippen LogP contribution in [0, 0.1) is 19.8 Å². The summed E-state index contributed by atoms with van der Waals surface area (Å²) >= 11 is 3.54. The minimum absolute atomic E-state index is 0.614. The maximum atomic E-state index is 4.53. The molecule has 0 unspecified atom stereocenters. The van der Waals surface area contributed by atoms with E-state index in [4.69, 9.17) is 0 Å². The molecule has 2 aromatic rings. The molecular formula is C17H23BrN4. The molecule has 0 amide bonds. The monoisotopic (exact) mass is 362 g/mol. The van der Waals surface area contributed by atoms with Crippen LogP contribution < -0.4 is 10.6 Å². The van der Waals surface area contributed by atoms with Crippen LogP contribution in [0.1, 0.15) is 31.5 Å². The lowest BCUT2D eigenvalue weighted by Crippen LogP contribution is -2.08. The van der Waals surface area contributed by atoms with Gasteiger partial charge >= 0.3 is 0 Å². The van der Waals surface area contributed by atoms with E-state index in [0.717, 1.165) is 34.6 Å². The highest BCUT2D eigenvalue weighted by Crippen LogP contribution is 2.23. The van der Waals surface area contributed by atoms with E-state index >= 15 is 0 Å². The van der Waals surface area contributed by atoms with E-state index in [0.29, 0.717) is 11.9 Å². The fourth-order valence-electron chi connectivity index (χ4n) is 2.00. The van der Waals surface area contributed by atoms with Crippen molar-refractivity contribution >= 4 is 33.4 Å². The standard InChI is InChI=1S/C17H23BrN4/c1-11(2)7-8-19-16-9-13(4)20-17(22-16)21-14-6-5-12(3)15(18)10-14/h5-6,9-11H,7-8H2,1-4H3,(H2,19,20,21,22). The van der Waals surface area contributed by atoms with Crippen LogP contribution in [0.25, 0.3) is 0 Å². The Morgan fingerprint density at radius 1 is 1.14 bits per heavy atom. The molecule has 0 bridgehead atoms. The number of aryl methyl sites for hydroxylation is 2. The molecule has 0 atom stereocenters. The summed E-state index contributed by atoms with van der Waals surface area (Å²) in [5.74, 6) is 2.16. The van der Waals surface area contributed by atoms with Gasteiger partial charge in [0, 0.05) is 28.5 Å². The Morgan fingerprint density at radius 2 is 1.91 bits per heavy atom. The predicted octanol–water partition coefficient (Wildman–Crippen LogP) is 5.06. The lowest BCUT2D eigenvalue weighted by molar-refractivity contribution is 0.606. The minimum Gasteiger partial charge on any atom is -0.370 e. The summed E-state index contributed by atoms with van der Waals surface area (Å²) in [6, 6.07) is 8.09. The van der Waals surface area contributed by atoms with Gasteiger partial charge in [0.25, 0.3) is 0 Å². The molecule has 0 saturated carbocycles. The quantitative estimate of drug-likeness (QED) is 0.753. The number of benzene rings is 1. The van der Waals surface area contributed by atoms with E-state index in [1.807, 2.05) is 25.1 Å². The van der Waals surface area contributed by atoms with Gasteiger partial charge < -0.3 is 10.6 Å². The number of nitrogens with zero attached hydrogens (tertiary/aromatic N) is 2. The molecule has 1 heterocycles. The Hall–Kier alpha value is -1.62. The molecule has 4 nitrogen and oxygen atoms in total. The molecule has 22 heavy (non-hydrogen) atoms. The molecule has 5 heteroatoms. The van der Waals surface area contributed by atoms with E-state index in [2.05, 4.69) is 63.4 Å². The van der Waals surface area contributed by atoms with E-state index in [1.165, 1.54) is 5.56 Å². The zero-order chi connectivity index (χ0) is 16.1. The Bertz CT molecular complexity index is 641. The van der Waals surface area contributed by atoms with Crippen molar-refractivity contribution < 1.29 is 0 Å². The SMILES string of the molecule is Cc1cc(NCCC(C)C)nc(Nc2ccc(C)c(Br)c2)n1. The lowest BCUT2D eigenvalue weighted by atomic mass is 10.1. The molecular weight excluding hydrogens is 340 g/mol. The van der Waals surface area contributed by atoms with Gasteiger partial charge in [-0.1, -0.05) is 35.8 Å². The first-order chi connectivity index (χ1) is 10.4. The highest BCUT2D eigenvalue weighted by molar-refractivity contribution is 9.10. The smallest absolute Gasteiger partial charge is 0.229 e. The fourth-order valence-corrected chi connectivity index (χ4v) is 2.38. The lowest BCUT2D eigenvalue weighted by Gasteiger charge is -2.11. The summed E-state index contributed by atoms with van der Waals surface area (Å²) in [7, 11) is 0. The van der Waals surface area contributed by atoms with E-state index < -0.39 is 0 Å². The van der Waals surface area contributed by atoms with Crippen molar-refractivity contribution in [1.29, 1.82) is 0 Å². The van der Waals surface area contributed by atoms with Crippen LogP contribution in [-0.4, -0.2) is 16.5 Å². The molecule has 0 saturated heterocycles. The number of nitrogens with one attached hydrogen (secondary N) is 2. The third-order valence-electron chi connectivity index (χ3n) is 3.31. The van der Waals surface area contributed by atoms with Gasteiger partial charge in [-0.25, -0.2) is 4.98 Å². The summed E-state index contributed by atoms with van der Waals surface area (Å²) in [6.07, 6.45) is 1.12. The number of anilines is 3. The zero-order valence-electron chi connectivity index (χ0n) is 13.6. The number of hydrogen-bond donors (Lipinski definition) is 2. The van der Waals surface area contributed by atoms with Crippen LogP contribution in [0.2, 0.25) is 0 Å². The molecule has 2 N–H and O–H groups in total. The molecule has 0 radical (unpaired) electrons. The fraction of sp³-hybridized carbons (Fsp3) is 0.412. The number of rotatable bonds is 6. The first kappa shape index (κ1) is 16.7. The van der Waals surface area contributed by atoms with Gasteiger partial charge in [-0.15, -0.1) is 0 Å². The van der Waals surface area contributed by atoms with E-state index in [9.17, 15) is 0 Å². The van der Waals surface area contributed by atoms with Gasteiger partial charge in [0.15, 0.2) is 0 Å². The van der Waals surface area contributed by atoms with Crippen LogP contribution in [0.3, 0.4) is 0 Å². The Labute approximate surface area is 140 Å². The molecule has 1 aromatic heterocycles. The van der Waals surface area contributed by atoms with Gasteiger partial charge in [-0.2, -0.15) is 4.98 Å². The van der Waals surface area contributed by atoms with E-state index in [-0.39, 0.29) is 0 Å². The Kier molecular flexibility index (Phi) is 5.77. The predicted molar refractivity (Wildman–Crippen MR) is 96.9 cm³/mol. The second-order valence-electron chi connectivity index (χ2n) is 5.92. The van der Waals surface area contributed by atoms with Crippen molar-refractivity contribution in [2.45, 2.75) is 34.1 Å². The second kappa shape index (κ2) is 7.58. The summed E-state index contributed by atoms with van der Waals surface area (Å²) in [5.41, 5.74) is 3.11. The third-order valence-corrected chi connectivity index (χ3v) is 4.16. The number of aromatic nitrogens is 2. The Morgan fingerprint density at radius 3 is 2.59 bits per heavy atom. The van der Waals surface area contributed by atoms with Crippen molar-refractivity contribution in [2.24, 2.45) is 5.92 Å². The van der Waals surface area contributed by atoms with Gasteiger partial charge in [0.2, 0.25) is 5.95 Å². The van der Waals surface area contributed by atoms with Crippen molar-refractivity contribution in [3.8, 4) is 0 Å². The molecule has 0 aliphatic rings. The molecule has 0 spiro atoms. The highest BCUT2D eigenvalue weighted by atomic mass is 79.9. The second-order valence-corrected chi connectivity index (χ2v) is 6.77.